The average Bonchev–Trinajstić information content (AvgIpc) is 3.33. The van der Waals surface area contributed by atoms with E-state index in [2.05, 4.69) is 28.1 Å². The van der Waals surface area contributed by atoms with Gasteiger partial charge in [-0.25, -0.2) is 0 Å². The lowest BCUT2D eigenvalue weighted by Crippen LogP contribution is -2.41. The molecule has 35 heavy (non-hydrogen) atoms. The Hall–Kier alpha value is -2.81. The van der Waals surface area contributed by atoms with Gasteiger partial charge >= 0.3 is 0 Å². The summed E-state index contributed by atoms with van der Waals surface area (Å²) in [4.78, 5) is 4.64. The van der Waals surface area contributed by atoms with E-state index in [-0.39, 0.29) is 6.04 Å². The second kappa shape index (κ2) is 12.2. The number of benzene rings is 2. The van der Waals surface area contributed by atoms with Gasteiger partial charge in [0.05, 0.1) is 38.7 Å². The van der Waals surface area contributed by atoms with Gasteiger partial charge in [-0.05, 0) is 56.8 Å². The first kappa shape index (κ1) is 25.3. The highest BCUT2D eigenvalue weighted by Crippen LogP contribution is 2.33. The molecule has 7 nitrogen and oxygen atoms in total. The molecule has 1 N–H and O–H groups in total. The van der Waals surface area contributed by atoms with E-state index in [4.69, 9.17) is 30.8 Å². The first-order valence-corrected chi connectivity index (χ1v) is 12.7. The molecule has 2 aromatic carbocycles. The fourth-order valence-corrected chi connectivity index (χ4v) is 4.73. The van der Waals surface area contributed by atoms with Crippen LogP contribution in [0.25, 0.3) is 11.0 Å². The van der Waals surface area contributed by atoms with Crippen molar-refractivity contribution in [3.63, 3.8) is 0 Å². The fourth-order valence-electron chi connectivity index (χ4n) is 4.38. The second-order valence-corrected chi connectivity index (χ2v) is 8.95. The lowest BCUT2D eigenvalue weighted by molar-refractivity contribution is 0.0365. The number of methoxy groups -OCH3 is 1. The van der Waals surface area contributed by atoms with Gasteiger partial charge in [-0.1, -0.05) is 24.3 Å². The Kier molecular flexibility index (Phi) is 8.84. The van der Waals surface area contributed by atoms with Crippen LogP contribution in [-0.4, -0.2) is 68.0 Å². The molecule has 0 bridgehead atoms. The zero-order valence-electron chi connectivity index (χ0n) is 20.8. The number of fused-ring (bicyclic) bond motifs is 1. The number of furan rings is 1. The summed E-state index contributed by atoms with van der Waals surface area (Å²) in [6.45, 7) is 10.0. The first-order chi connectivity index (χ1) is 17.1. The SMILES string of the molecule is CCOc1ccccc1NC(=S)N(CCCN1CCOCC1)[C@@H](C)c1cc2cccc(OC)c2o1. The van der Waals surface area contributed by atoms with Crippen LogP contribution in [0.4, 0.5) is 5.69 Å². The van der Waals surface area contributed by atoms with Gasteiger partial charge in [0.15, 0.2) is 16.4 Å². The van der Waals surface area contributed by atoms with Crippen molar-refractivity contribution in [2.75, 3.05) is 58.4 Å². The molecule has 4 rings (SSSR count). The lowest BCUT2D eigenvalue weighted by Gasteiger charge is -2.32. The molecule has 1 aliphatic rings. The molecule has 0 saturated carbocycles. The summed E-state index contributed by atoms with van der Waals surface area (Å²) in [5.74, 6) is 2.36. The van der Waals surface area contributed by atoms with Gasteiger partial charge in [0, 0.05) is 31.6 Å². The van der Waals surface area contributed by atoms with Gasteiger partial charge in [-0.15, -0.1) is 0 Å². The number of hydrogen-bond acceptors (Lipinski definition) is 6. The maximum Gasteiger partial charge on any atom is 0.176 e. The number of nitrogens with one attached hydrogen (secondary N) is 1. The van der Waals surface area contributed by atoms with Crippen LogP contribution >= 0.6 is 12.2 Å². The van der Waals surface area contributed by atoms with Crippen molar-refractivity contribution in [2.45, 2.75) is 26.3 Å². The molecule has 8 heteroatoms. The molecule has 0 unspecified atom stereocenters. The Balaban J connectivity index is 1.55. The zero-order valence-corrected chi connectivity index (χ0v) is 21.6. The molecule has 1 fully saturated rings. The molecule has 1 aromatic heterocycles. The summed E-state index contributed by atoms with van der Waals surface area (Å²) in [5.41, 5.74) is 1.61. The molecule has 0 spiro atoms. The second-order valence-electron chi connectivity index (χ2n) is 8.56. The van der Waals surface area contributed by atoms with Crippen molar-refractivity contribution in [3.8, 4) is 11.5 Å². The van der Waals surface area contributed by atoms with Crippen LogP contribution in [0.2, 0.25) is 0 Å². The van der Waals surface area contributed by atoms with Crippen LogP contribution in [-0.2, 0) is 4.74 Å². The highest BCUT2D eigenvalue weighted by Gasteiger charge is 2.24. The van der Waals surface area contributed by atoms with Crippen molar-refractivity contribution in [1.82, 2.24) is 9.80 Å². The quantitative estimate of drug-likeness (QED) is 0.378. The fraction of sp³-hybridized carbons (Fsp3) is 0.444. The highest BCUT2D eigenvalue weighted by atomic mass is 32.1. The topological polar surface area (TPSA) is 59.3 Å². The molecule has 0 radical (unpaired) electrons. The minimum Gasteiger partial charge on any atom is -0.493 e. The Morgan fingerprint density at radius 3 is 2.69 bits per heavy atom. The molecule has 1 aliphatic heterocycles. The van der Waals surface area contributed by atoms with Crippen molar-refractivity contribution in [1.29, 1.82) is 0 Å². The lowest BCUT2D eigenvalue weighted by atomic mass is 10.2. The number of anilines is 1. The molecule has 1 atom stereocenters. The van der Waals surface area contributed by atoms with E-state index in [9.17, 15) is 0 Å². The smallest absolute Gasteiger partial charge is 0.176 e. The van der Waals surface area contributed by atoms with Crippen LogP contribution in [0.1, 0.15) is 32.1 Å². The third-order valence-electron chi connectivity index (χ3n) is 6.29. The summed E-state index contributed by atoms with van der Waals surface area (Å²) in [5, 5.41) is 5.08. The third kappa shape index (κ3) is 6.25. The molecule has 2 heterocycles. The summed E-state index contributed by atoms with van der Waals surface area (Å²) in [6.07, 6.45) is 0.975. The molecule has 3 aromatic rings. The number of thiocarbonyl (C=S) groups is 1. The molecule has 1 saturated heterocycles. The van der Waals surface area contributed by atoms with Gasteiger partial charge in [0.2, 0.25) is 0 Å². The van der Waals surface area contributed by atoms with Gasteiger partial charge in [0.25, 0.3) is 0 Å². The van der Waals surface area contributed by atoms with Crippen molar-refractivity contribution in [3.05, 3.63) is 54.3 Å². The van der Waals surface area contributed by atoms with Crippen LogP contribution in [0, 0.1) is 0 Å². The van der Waals surface area contributed by atoms with E-state index < -0.39 is 0 Å². The maximum absolute atomic E-state index is 6.29. The van der Waals surface area contributed by atoms with Crippen LogP contribution in [0.3, 0.4) is 0 Å². The Bertz CT molecular complexity index is 1110. The molecule has 0 aliphatic carbocycles. The number of nitrogens with zero attached hydrogens (tertiary/aromatic N) is 2. The van der Waals surface area contributed by atoms with Crippen molar-refractivity contribution in [2.24, 2.45) is 0 Å². The number of hydrogen-bond donors (Lipinski definition) is 1. The number of ether oxygens (including phenoxy) is 3. The number of para-hydroxylation sites is 3. The monoisotopic (exact) mass is 497 g/mol. The van der Waals surface area contributed by atoms with Gasteiger partial charge in [-0.2, -0.15) is 0 Å². The molecule has 188 valence electrons. The van der Waals surface area contributed by atoms with E-state index in [1.165, 1.54) is 0 Å². The highest BCUT2D eigenvalue weighted by molar-refractivity contribution is 7.80. The maximum atomic E-state index is 6.29. The number of rotatable bonds is 10. The molecular formula is C27H35N3O4S. The van der Waals surface area contributed by atoms with E-state index in [0.717, 1.165) is 79.7 Å². The Morgan fingerprint density at radius 2 is 1.91 bits per heavy atom. The van der Waals surface area contributed by atoms with Crippen molar-refractivity contribution >= 4 is 34.0 Å². The standard InChI is InChI=1S/C27H35N3O4S/c1-4-33-23-11-6-5-10-22(23)28-27(35)30(14-8-13-29-15-17-32-18-16-29)20(2)25-19-21-9-7-12-24(31-3)26(21)34-25/h5-7,9-12,19-20H,4,8,13-18H2,1-3H3,(H,28,35)/t20-/m0/s1. The zero-order chi connectivity index (χ0) is 24.6. The Morgan fingerprint density at radius 1 is 1.14 bits per heavy atom. The minimum atomic E-state index is -0.0731. The molecular weight excluding hydrogens is 462 g/mol. The van der Waals surface area contributed by atoms with E-state index in [1.54, 1.807) is 7.11 Å². The van der Waals surface area contributed by atoms with E-state index >= 15 is 0 Å². The van der Waals surface area contributed by atoms with Gasteiger partial charge in [0.1, 0.15) is 11.5 Å². The van der Waals surface area contributed by atoms with Crippen LogP contribution in [0.5, 0.6) is 11.5 Å². The van der Waals surface area contributed by atoms with Crippen LogP contribution in [0.15, 0.2) is 52.9 Å². The van der Waals surface area contributed by atoms with Crippen LogP contribution < -0.4 is 14.8 Å². The largest absolute Gasteiger partial charge is 0.493 e. The van der Waals surface area contributed by atoms with E-state index in [0.29, 0.717) is 11.7 Å². The Labute approximate surface area is 212 Å². The van der Waals surface area contributed by atoms with E-state index in [1.807, 2.05) is 49.4 Å². The predicted octanol–water partition coefficient (Wildman–Crippen LogP) is 5.32. The number of morpholine rings is 1. The minimum absolute atomic E-state index is 0.0731. The predicted molar refractivity (Wildman–Crippen MR) is 144 cm³/mol. The average molecular weight is 498 g/mol. The molecule has 0 amide bonds. The summed E-state index contributed by atoms with van der Waals surface area (Å²) < 4.78 is 23.1. The van der Waals surface area contributed by atoms with Gasteiger partial charge < -0.3 is 28.8 Å². The normalized spacial score (nSPS) is 15.1. The first-order valence-electron chi connectivity index (χ1n) is 12.3. The van der Waals surface area contributed by atoms with Gasteiger partial charge in [-0.3, -0.25) is 4.90 Å². The summed E-state index contributed by atoms with van der Waals surface area (Å²) in [7, 11) is 1.66. The van der Waals surface area contributed by atoms with Crippen molar-refractivity contribution < 1.29 is 18.6 Å². The summed E-state index contributed by atoms with van der Waals surface area (Å²) in [6, 6.07) is 15.8. The summed E-state index contributed by atoms with van der Waals surface area (Å²) >= 11 is 5.94. The third-order valence-corrected chi connectivity index (χ3v) is 6.63.